The van der Waals surface area contributed by atoms with E-state index in [9.17, 15) is 9.18 Å². The summed E-state index contributed by atoms with van der Waals surface area (Å²) in [5, 5.41) is 0. The molecule has 104 valence electrons. The maximum atomic E-state index is 12.8. The molecule has 0 aliphatic rings. The lowest BCUT2D eigenvalue weighted by atomic mass is 10.2. The van der Waals surface area contributed by atoms with Gasteiger partial charge in [-0.3, -0.25) is 4.79 Å². The molecule has 0 N–H and O–H groups in total. The fourth-order valence-electron chi connectivity index (χ4n) is 1.66. The lowest BCUT2D eigenvalue weighted by Gasteiger charge is -2.12. The molecule has 0 spiro atoms. The highest BCUT2D eigenvalue weighted by atomic mass is 79.9. The molecule has 0 aromatic heterocycles. The molecule has 2 rings (SSSR count). The van der Waals surface area contributed by atoms with Gasteiger partial charge in [-0.2, -0.15) is 0 Å². The molecule has 0 aliphatic carbocycles. The van der Waals surface area contributed by atoms with Crippen molar-refractivity contribution in [2.75, 3.05) is 7.11 Å². The van der Waals surface area contributed by atoms with E-state index >= 15 is 0 Å². The fourth-order valence-corrected chi connectivity index (χ4v) is 2.07. The van der Waals surface area contributed by atoms with Crippen LogP contribution in [-0.4, -0.2) is 13.4 Å². The summed E-state index contributed by atoms with van der Waals surface area (Å²) in [6.45, 7) is 0.281. The van der Waals surface area contributed by atoms with Gasteiger partial charge in [0, 0.05) is 10.0 Å². The Morgan fingerprint density at radius 3 is 2.50 bits per heavy atom. The number of rotatable bonds is 5. The SMILES string of the molecule is COc1cc(C=O)c(Br)cc1OCc1ccc(F)cc1. The second kappa shape index (κ2) is 6.52. The molecule has 0 saturated heterocycles. The van der Waals surface area contributed by atoms with E-state index in [0.29, 0.717) is 21.5 Å². The first-order valence-corrected chi connectivity index (χ1v) is 6.63. The molecule has 5 heteroatoms. The number of ether oxygens (including phenoxy) is 2. The summed E-state index contributed by atoms with van der Waals surface area (Å²) in [4.78, 5) is 10.9. The van der Waals surface area contributed by atoms with Crippen molar-refractivity contribution in [2.45, 2.75) is 6.61 Å². The second-order valence-electron chi connectivity index (χ2n) is 4.06. The van der Waals surface area contributed by atoms with E-state index in [-0.39, 0.29) is 12.4 Å². The van der Waals surface area contributed by atoms with E-state index in [1.165, 1.54) is 19.2 Å². The lowest BCUT2D eigenvalue weighted by Crippen LogP contribution is -1.99. The van der Waals surface area contributed by atoms with Crippen LogP contribution in [0.15, 0.2) is 40.9 Å². The molecule has 2 aromatic carbocycles. The summed E-state index contributed by atoms with van der Waals surface area (Å²) in [7, 11) is 1.50. The first-order chi connectivity index (χ1) is 9.63. The van der Waals surface area contributed by atoms with Crippen LogP contribution in [0.3, 0.4) is 0 Å². The van der Waals surface area contributed by atoms with Gasteiger partial charge in [0.05, 0.1) is 7.11 Å². The first-order valence-electron chi connectivity index (χ1n) is 5.84. The van der Waals surface area contributed by atoms with E-state index in [2.05, 4.69) is 15.9 Å². The third-order valence-electron chi connectivity index (χ3n) is 2.72. The minimum absolute atomic E-state index is 0.281. The summed E-state index contributed by atoms with van der Waals surface area (Å²) in [5.74, 6) is 0.691. The lowest BCUT2D eigenvalue weighted by molar-refractivity contribution is 0.112. The molecular weight excluding hydrogens is 327 g/mol. The number of carbonyl (C=O) groups is 1. The topological polar surface area (TPSA) is 35.5 Å². The molecule has 0 saturated carbocycles. The van der Waals surface area contributed by atoms with Crippen LogP contribution in [0.1, 0.15) is 15.9 Å². The molecular formula is C15H12BrFO3. The van der Waals surface area contributed by atoms with Gasteiger partial charge >= 0.3 is 0 Å². The van der Waals surface area contributed by atoms with E-state index < -0.39 is 0 Å². The maximum absolute atomic E-state index is 12.8. The summed E-state index contributed by atoms with van der Waals surface area (Å²) in [6, 6.07) is 9.32. The number of hydrogen-bond acceptors (Lipinski definition) is 3. The van der Waals surface area contributed by atoms with Crippen LogP contribution >= 0.6 is 15.9 Å². The number of hydrogen-bond donors (Lipinski definition) is 0. The predicted octanol–water partition coefficient (Wildman–Crippen LogP) is 3.99. The van der Waals surface area contributed by atoms with Crippen LogP contribution < -0.4 is 9.47 Å². The van der Waals surface area contributed by atoms with Crippen molar-refractivity contribution >= 4 is 22.2 Å². The van der Waals surface area contributed by atoms with Crippen molar-refractivity contribution in [1.82, 2.24) is 0 Å². The van der Waals surface area contributed by atoms with Crippen LogP contribution in [0.4, 0.5) is 4.39 Å². The van der Waals surface area contributed by atoms with Gasteiger partial charge in [-0.15, -0.1) is 0 Å². The highest BCUT2D eigenvalue weighted by Crippen LogP contribution is 2.33. The Hall–Kier alpha value is -1.88. The van der Waals surface area contributed by atoms with E-state index in [1.54, 1.807) is 24.3 Å². The number of methoxy groups -OCH3 is 1. The van der Waals surface area contributed by atoms with Crippen molar-refractivity contribution < 1.29 is 18.7 Å². The normalized spacial score (nSPS) is 10.2. The van der Waals surface area contributed by atoms with Crippen molar-refractivity contribution in [3.63, 3.8) is 0 Å². The van der Waals surface area contributed by atoms with E-state index in [1.807, 2.05) is 0 Å². The van der Waals surface area contributed by atoms with Crippen LogP contribution in [0.25, 0.3) is 0 Å². The highest BCUT2D eigenvalue weighted by molar-refractivity contribution is 9.10. The monoisotopic (exact) mass is 338 g/mol. The van der Waals surface area contributed by atoms with Gasteiger partial charge < -0.3 is 9.47 Å². The highest BCUT2D eigenvalue weighted by Gasteiger charge is 2.10. The Kier molecular flexibility index (Phi) is 4.74. The Bertz CT molecular complexity index is 611. The molecule has 0 heterocycles. The van der Waals surface area contributed by atoms with Gasteiger partial charge in [-0.05, 0) is 45.8 Å². The summed E-state index contributed by atoms with van der Waals surface area (Å²) < 4.78 is 24.3. The van der Waals surface area contributed by atoms with Crippen LogP contribution in [-0.2, 0) is 6.61 Å². The first kappa shape index (κ1) is 14.5. The zero-order valence-corrected chi connectivity index (χ0v) is 12.3. The third kappa shape index (κ3) is 3.36. The Morgan fingerprint density at radius 2 is 1.90 bits per heavy atom. The molecule has 0 radical (unpaired) electrons. The minimum atomic E-state index is -0.288. The van der Waals surface area contributed by atoms with Crippen molar-refractivity contribution in [3.8, 4) is 11.5 Å². The van der Waals surface area contributed by atoms with Crippen molar-refractivity contribution in [3.05, 3.63) is 57.8 Å². The molecule has 0 unspecified atom stereocenters. The Balaban J connectivity index is 2.18. The van der Waals surface area contributed by atoms with Gasteiger partial charge in [0.15, 0.2) is 17.8 Å². The van der Waals surface area contributed by atoms with E-state index in [0.717, 1.165) is 11.8 Å². The molecule has 0 bridgehead atoms. The van der Waals surface area contributed by atoms with Gasteiger partial charge in [0.1, 0.15) is 12.4 Å². The minimum Gasteiger partial charge on any atom is -0.493 e. The zero-order chi connectivity index (χ0) is 14.5. The van der Waals surface area contributed by atoms with Crippen molar-refractivity contribution in [2.24, 2.45) is 0 Å². The average molecular weight is 339 g/mol. The number of carbonyl (C=O) groups excluding carboxylic acids is 1. The quantitative estimate of drug-likeness (QED) is 0.773. The Labute approximate surface area is 124 Å². The largest absolute Gasteiger partial charge is 0.493 e. The summed E-state index contributed by atoms with van der Waals surface area (Å²) >= 11 is 3.29. The van der Waals surface area contributed by atoms with Crippen LogP contribution in [0.5, 0.6) is 11.5 Å². The number of aldehydes is 1. The maximum Gasteiger partial charge on any atom is 0.162 e. The molecule has 2 aromatic rings. The second-order valence-corrected chi connectivity index (χ2v) is 4.91. The molecule has 0 atom stereocenters. The van der Waals surface area contributed by atoms with Gasteiger partial charge in [-0.1, -0.05) is 12.1 Å². The number of benzene rings is 2. The summed E-state index contributed by atoms with van der Waals surface area (Å²) in [6.07, 6.45) is 0.732. The number of halogens is 2. The van der Waals surface area contributed by atoms with Crippen LogP contribution in [0.2, 0.25) is 0 Å². The molecule has 0 aliphatic heterocycles. The van der Waals surface area contributed by atoms with Gasteiger partial charge in [0.2, 0.25) is 0 Å². The van der Waals surface area contributed by atoms with Crippen molar-refractivity contribution in [1.29, 1.82) is 0 Å². The van der Waals surface area contributed by atoms with Crippen LogP contribution in [0, 0.1) is 5.82 Å². The zero-order valence-electron chi connectivity index (χ0n) is 10.7. The van der Waals surface area contributed by atoms with E-state index in [4.69, 9.17) is 9.47 Å². The molecule has 20 heavy (non-hydrogen) atoms. The summed E-state index contributed by atoms with van der Waals surface area (Å²) in [5.41, 5.74) is 1.32. The molecule has 0 amide bonds. The van der Waals surface area contributed by atoms with Gasteiger partial charge in [0.25, 0.3) is 0 Å². The standard InChI is InChI=1S/C15H12BrFO3/c1-19-14-6-11(8-18)13(16)7-15(14)20-9-10-2-4-12(17)5-3-10/h2-8H,9H2,1H3. The molecule has 0 fully saturated rings. The Morgan fingerprint density at radius 1 is 1.20 bits per heavy atom. The smallest absolute Gasteiger partial charge is 0.162 e. The molecule has 3 nitrogen and oxygen atoms in total. The third-order valence-corrected chi connectivity index (χ3v) is 3.40. The predicted molar refractivity (Wildman–Crippen MR) is 76.8 cm³/mol. The van der Waals surface area contributed by atoms with Gasteiger partial charge in [-0.25, -0.2) is 4.39 Å². The average Bonchev–Trinajstić information content (AvgIpc) is 2.46. The fraction of sp³-hybridized carbons (Fsp3) is 0.133.